The Morgan fingerprint density at radius 1 is 1.44 bits per heavy atom. The Bertz CT molecular complexity index is 507. The van der Waals surface area contributed by atoms with E-state index in [0.717, 1.165) is 0 Å². The van der Waals surface area contributed by atoms with E-state index in [-0.39, 0.29) is 24.0 Å². The van der Waals surface area contributed by atoms with Crippen LogP contribution in [0.5, 0.6) is 0 Å². The van der Waals surface area contributed by atoms with Gasteiger partial charge in [-0.1, -0.05) is 0 Å². The molecule has 6 heteroatoms. The third-order valence-corrected chi connectivity index (χ3v) is 2.55. The number of hydrogen-bond acceptors (Lipinski definition) is 3. The number of H-pyrrole nitrogens is 1. The fourth-order valence-corrected chi connectivity index (χ4v) is 1.54. The number of amides is 1. The van der Waals surface area contributed by atoms with E-state index in [1.54, 1.807) is 13.8 Å². The summed E-state index contributed by atoms with van der Waals surface area (Å²) in [5.41, 5.74) is 0.350. The molecule has 0 saturated carbocycles. The molecule has 2 N–H and O–H groups in total. The molecule has 0 aromatic carbocycles. The van der Waals surface area contributed by atoms with Crippen LogP contribution in [0.4, 0.5) is 0 Å². The molecule has 1 rings (SSSR count). The normalized spacial score (nSPS) is 10.1. The first-order chi connectivity index (χ1) is 8.45. The van der Waals surface area contributed by atoms with Crippen molar-refractivity contribution in [2.24, 2.45) is 0 Å². The number of carboxylic acid groups (broad SMARTS) is 1. The molecule has 0 aliphatic heterocycles. The van der Waals surface area contributed by atoms with Gasteiger partial charge in [0.25, 0.3) is 5.91 Å². The summed E-state index contributed by atoms with van der Waals surface area (Å²) < 4.78 is 0. The number of aromatic amines is 1. The van der Waals surface area contributed by atoms with Gasteiger partial charge < -0.3 is 15.0 Å². The molecule has 6 nitrogen and oxygen atoms in total. The molecule has 0 aliphatic carbocycles. The van der Waals surface area contributed by atoms with Crippen molar-refractivity contribution < 1.29 is 14.7 Å². The minimum absolute atomic E-state index is 0.0350. The predicted molar refractivity (Wildman–Crippen MR) is 65.6 cm³/mol. The molecule has 1 amide bonds. The highest BCUT2D eigenvalue weighted by atomic mass is 16.4. The predicted octanol–water partition coefficient (Wildman–Crippen LogP) is 0.620. The molecular weight excluding hydrogens is 236 g/mol. The molecule has 0 unspecified atom stereocenters. The van der Waals surface area contributed by atoms with Crippen molar-refractivity contribution in [3.63, 3.8) is 0 Å². The summed E-state index contributed by atoms with van der Waals surface area (Å²) in [4.78, 5) is 38.3. The Hall–Kier alpha value is -2.11. The van der Waals surface area contributed by atoms with Crippen molar-refractivity contribution in [3.05, 3.63) is 33.7 Å². The molecule has 0 spiro atoms. The fourth-order valence-electron chi connectivity index (χ4n) is 1.54. The lowest BCUT2D eigenvalue weighted by molar-refractivity contribution is -0.137. The van der Waals surface area contributed by atoms with Gasteiger partial charge in [-0.3, -0.25) is 14.4 Å². The fraction of sp³-hybridized carbons (Fsp3) is 0.417. The van der Waals surface area contributed by atoms with Crippen LogP contribution < -0.4 is 5.43 Å². The highest BCUT2D eigenvalue weighted by Gasteiger charge is 2.17. The van der Waals surface area contributed by atoms with Crippen LogP contribution in [0, 0.1) is 6.92 Å². The number of hydrogen-bond donors (Lipinski definition) is 2. The van der Waals surface area contributed by atoms with Crippen LogP contribution in [0.25, 0.3) is 0 Å². The van der Waals surface area contributed by atoms with Crippen LogP contribution in [0.2, 0.25) is 0 Å². The zero-order chi connectivity index (χ0) is 13.7. The quantitative estimate of drug-likeness (QED) is 0.803. The smallest absolute Gasteiger partial charge is 0.305 e. The minimum Gasteiger partial charge on any atom is -0.481 e. The molecule has 1 aromatic rings. The van der Waals surface area contributed by atoms with Gasteiger partial charge in [-0.2, -0.15) is 0 Å². The summed E-state index contributed by atoms with van der Waals surface area (Å²) in [6.45, 7) is 3.91. The lowest BCUT2D eigenvalue weighted by Crippen LogP contribution is -2.35. The van der Waals surface area contributed by atoms with Crippen LogP contribution in [-0.4, -0.2) is 40.0 Å². The van der Waals surface area contributed by atoms with Gasteiger partial charge in [0.05, 0.1) is 6.42 Å². The summed E-state index contributed by atoms with van der Waals surface area (Å²) in [5.74, 6) is -1.42. The van der Waals surface area contributed by atoms with Crippen LogP contribution in [-0.2, 0) is 4.79 Å². The Morgan fingerprint density at radius 2 is 2.11 bits per heavy atom. The van der Waals surface area contributed by atoms with Crippen molar-refractivity contribution in [2.75, 3.05) is 13.1 Å². The number of pyridine rings is 1. The number of carbonyl (C=O) groups is 2. The molecule has 0 bridgehead atoms. The molecule has 98 valence electrons. The first kappa shape index (κ1) is 14.0. The SMILES string of the molecule is CCN(CCC(=O)O)C(=O)c1c[nH]c(C)cc1=O. The molecule has 0 radical (unpaired) electrons. The van der Waals surface area contributed by atoms with E-state index in [4.69, 9.17) is 5.11 Å². The zero-order valence-electron chi connectivity index (χ0n) is 10.4. The monoisotopic (exact) mass is 252 g/mol. The lowest BCUT2D eigenvalue weighted by atomic mass is 10.2. The average Bonchev–Trinajstić information content (AvgIpc) is 2.29. The van der Waals surface area contributed by atoms with Crippen molar-refractivity contribution >= 4 is 11.9 Å². The topological polar surface area (TPSA) is 90.5 Å². The van der Waals surface area contributed by atoms with Crippen LogP contribution in [0.15, 0.2) is 17.1 Å². The molecule has 1 aromatic heterocycles. The number of carbonyl (C=O) groups excluding carboxylic acids is 1. The van der Waals surface area contributed by atoms with Crippen molar-refractivity contribution in [1.82, 2.24) is 9.88 Å². The zero-order valence-corrected chi connectivity index (χ0v) is 10.4. The van der Waals surface area contributed by atoms with E-state index in [9.17, 15) is 14.4 Å². The third-order valence-electron chi connectivity index (χ3n) is 2.55. The second-order valence-electron chi connectivity index (χ2n) is 3.92. The van der Waals surface area contributed by atoms with E-state index in [1.807, 2.05) is 0 Å². The maximum Gasteiger partial charge on any atom is 0.305 e. The van der Waals surface area contributed by atoms with Gasteiger partial charge in [0, 0.05) is 31.0 Å². The number of aromatic nitrogens is 1. The number of nitrogens with zero attached hydrogens (tertiary/aromatic N) is 1. The van der Waals surface area contributed by atoms with Crippen molar-refractivity contribution in [2.45, 2.75) is 20.3 Å². The van der Waals surface area contributed by atoms with Gasteiger partial charge in [0.1, 0.15) is 5.56 Å². The lowest BCUT2D eigenvalue weighted by Gasteiger charge is -2.19. The Morgan fingerprint density at radius 3 is 2.61 bits per heavy atom. The summed E-state index contributed by atoms with van der Waals surface area (Å²) in [6, 6.07) is 1.35. The third kappa shape index (κ3) is 3.44. The second kappa shape index (κ2) is 6.00. The first-order valence-electron chi connectivity index (χ1n) is 5.66. The number of aryl methyl sites for hydroxylation is 1. The molecule has 0 aliphatic rings. The van der Waals surface area contributed by atoms with Gasteiger partial charge in [0.2, 0.25) is 0 Å². The summed E-state index contributed by atoms with van der Waals surface area (Å²) in [6.07, 6.45) is 1.23. The maximum absolute atomic E-state index is 12.0. The Labute approximate surface area is 104 Å². The highest BCUT2D eigenvalue weighted by Crippen LogP contribution is 2.01. The second-order valence-corrected chi connectivity index (χ2v) is 3.92. The van der Waals surface area contributed by atoms with E-state index >= 15 is 0 Å². The van der Waals surface area contributed by atoms with Crippen LogP contribution in [0.1, 0.15) is 29.4 Å². The van der Waals surface area contributed by atoms with Crippen LogP contribution >= 0.6 is 0 Å². The maximum atomic E-state index is 12.0. The standard InChI is InChI=1S/C12H16N2O4/c1-3-14(5-4-11(16)17)12(18)9-7-13-8(2)6-10(9)15/h6-7H,3-5H2,1-2H3,(H,13,15)(H,16,17). The molecule has 1 heterocycles. The van der Waals surface area contributed by atoms with E-state index in [1.165, 1.54) is 17.2 Å². The summed E-state index contributed by atoms with van der Waals surface area (Å²) in [7, 11) is 0. The van der Waals surface area contributed by atoms with Gasteiger partial charge >= 0.3 is 5.97 Å². The molecule has 0 fully saturated rings. The minimum atomic E-state index is -0.973. The summed E-state index contributed by atoms with van der Waals surface area (Å²) in [5, 5.41) is 8.60. The van der Waals surface area contributed by atoms with Crippen molar-refractivity contribution in [3.8, 4) is 0 Å². The van der Waals surface area contributed by atoms with E-state index < -0.39 is 11.9 Å². The first-order valence-corrected chi connectivity index (χ1v) is 5.66. The average molecular weight is 252 g/mol. The number of rotatable bonds is 5. The van der Waals surface area contributed by atoms with E-state index in [2.05, 4.69) is 4.98 Å². The van der Waals surface area contributed by atoms with Crippen LogP contribution in [0.3, 0.4) is 0 Å². The van der Waals surface area contributed by atoms with E-state index in [0.29, 0.717) is 12.2 Å². The largest absolute Gasteiger partial charge is 0.481 e. The van der Waals surface area contributed by atoms with Gasteiger partial charge in [0.15, 0.2) is 5.43 Å². The van der Waals surface area contributed by atoms with Crippen molar-refractivity contribution in [1.29, 1.82) is 0 Å². The summed E-state index contributed by atoms with van der Waals surface area (Å²) >= 11 is 0. The number of aliphatic carboxylic acids is 1. The molecular formula is C12H16N2O4. The highest BCUT2D eigenvalue weighted by molar-refractivity contribution is 5.94. The Balaban J connectivity index is 2.89. The molecule has 18 heavy (non-hydrogen) atoms. The molecule has 0 saturated heterocycles. The van der Waals surface area contributed by atoms with Gasteiger partial charge in [-0.05, 0) is 13.8 Å². The van der Waals surface area contributed by atoms with Gasteiger partial charge in [-0.15, -0.1) is 0 Å². The molecule has 0 atom stereocenters. The number of carboxylic acids is 1. The van der Waals surface area contributed by atoms with Gasteiger partial charge in [-0.25, -0.2) is 0 Å². The Kier molecular flexibility index (Phi) is 4.65. The number of nitrogens with one attached hydrogen (secondary N) is 1.